The SMILES string of the molecule is COc1cccc(C(C)C(=O)NCC2(C)CCNCC2)c1.Cl. The van der Waals surface area contributed by atoms with Crippen molar-refractivity contribution in [1.29, 1.82) is 0 Å². The molecule has 1 heterocycles. The van der Waals surface area contributed by atoms with Crippen molar-refractivity contribution >= 4 is 18.3 Å². The van der Waals surface area contributed by atoms with Gasteiger partial charge in [0, 0.05) is 6.54 Å². The highest BCUT2D eigenvalue weighted by atomic mass is 35.5. The number of rotatable bonds is 5. The van der Waals surface area contributed by atoms with Crippen LogP contribution in [-0.2, 0) is 4.79 Å². The molecule has 1 amide bonds. The van der Waals surface area contributed by atoms with Crippen LogP contribution < -0.4 is 15.4 Å². The van der Waals surface area contributed by atoms with Crippen LogP contribution in [0.15, 0.2) is 24.3 Å². The number of nitrogens with one attached hydrogen (secondary N) is 2. The number of piperidine rings is 1. The summed E-state index contributed by atoms with van der Waals surface area (Å²) >= 11 is 0. The molecule has 2 rings (SSSR count). The molecule has 1 unspecified atom stereocenters. The van der Waals surface area contributed by atoms with Gasteiger partial charge in [-0.1, -0.05) is 19.1 Å². The molecule has 1 aromatic rings. The molecular formula is C17H27ClN2O2. The van der Waals surface area contributed by atoms with Crippen molar-refractivity contribution in [2.45, 2.75) is 32.6 Å². The Bertz CT molecular complexity index is 487. The molecule has 1 aliphatic rings. The Labute approximate surface area is 139 Å². The molecule has 1 atom stereocenters. The number of carbonyl (C=O) groups excluding carboxylic acids is 1. The second kappa shape index (κ2) is 8.39. The number of ether oxygens (including phenoxy) is 1. The van der Waals surface area contributed by atoms with E-state index >= 15 is 0 Å². The quantitative estimate of drug-likeness (QED) is 0.874. The van der Waals surface area contributed by atoms with E-state index < -0.39 is 0 Å². The van der Waals surface area contributed by atoms with Gasteiger partial charge < -0.3 is 15.4 Å². The summed E-state index contributed by atoms with van der Waals surface area (Å²) in [6.45, 7) is 7.02. The van der Waals surface area contributed by atoms with Gasteiger partial charge in [0.25, 0.3) is 0 Å². The van der Waals surface area contributed by atoms with Crippen molar-refractivity contribution in [3.63, 3.8) is 0 Å². The average molecular weight is 327 g/mol. The van der Waals surface area contributed by atoms with Crippen LogP contribution in [0.3, 0.4) is 0 Å². The Morgan fingerprint density at radius 1 is 1.41 bits per heavy atom. The zero-order chi connectivity index (χ0) is 15.3. The van der Waals surface area contributed by atoms with Gasteiger partial charge in [-0.25, -0.2) is 0 Å². The van der Waals surface area contributed by atoms with E-state index in [4.69, 9.17) is 4.74 Å². The van der Waals surface area contributed by atoms with E-state index in [1.165, 1.54) is 0 Å². The van der Waals surface area contributed by atoms with Gasteiger partial charge >= 0.3 is 0 Å². The number of halogens is 1. The number of methoxy groups -OCH3 is 1. The molecule has 22 heavy (non-hydrogen) atoms. The zero-order valence-electron chi connectivity index (χ0n) is 13.6. The van der Waals surface area contributed by atoms with Crippen LogP contribution in [0.2, 0.25) is 0 Å². The van der Waals surface area contributed by atoms with Crippen LogP contribution in [0.25, 0.3) is 0 Å². The van der Waals surface area contributed by atoms with Gasteiger partial charge in [0.1, 0.15) is 5.75 Å². The lowest BCUT2D eigenvalue weighted by Gasteiger charge is -2.34. The molecule has 5 heteroatoms. The molecular weight excluding hydrogens is 300 g/mol. The summed E-state index contributed by atoms with van der Waals surface area (Å²) in [5.74, 6) is 0.714. The summed E-state index contributed by atoms with van der Waals surface area (Å²) in [7, 11) is 1.64. The summed E-state index contributed by atoms with van der Waals surface area (Å²) < 4.78 is 5.22. The number of carbonyl (C=O) groups is 1. The van der Waals surface area contributed by atoms with Gasteiger partial charge in [-0.15, -0.1) is 12.4 Å². The molecule has 2 N–H and O–H groups in total. The maximum Gasteiger partial charge on any atom is 0.227 e. The van der Waals surface area contributed by atoms with Crippen molar-refractivity contribution < 1.29 is 9.53 Å². The second-order valence-corrected chi connectivity index (χ2v) is 6.28. The van der Waals surface area contributed by atoms with Crippen LogP contribution in [0.4, 0.5) is 0 Å². The normalized spacial score (nSPS) is 18.0. The largest absolute Gasteiger partial charge is 0.497 e. The van der Waals surface area contributed by atoms with E-state index in [2.05, 4.69) is 17.6 Å². The van der Waals surface area contributed by atoms with Crippen molar-refractivity contribution in [3.8, 4) is 5.75 Å². The molecule has 0 radical (unpaired) electrons. The molecule has 1 aliphatic heterocycles. The van der Waals surface area contributed by atoms with Gasteiger partial charge in [-0.05, 0) is 56.0 Å². The highest BCUT2D eigenvalue weighted by Crippen LogP contribution is 2.27. The first-order valence-corrected chi connectivity index (χ1v) is 7.66. The molecule has 4 nitrogen and oxygen atoms in total. The number of hydrogen-bond acceptors (Lipinski definition) is 3. The molecule has 0 bridgehead atoms. The third kappa shape index (κ3) is 4.89. The third-order valence-corrected chi connectivity index (χ3v) is 4.49. The summed E-state index contributed by atoms with van der Waals surface area (Å²) in [5.41, 5.74) is 1.21. The molecule has 0 spiro atoms. The molecule has 1 saturated heterocycles. The van der Waals surface area contributed by atoms with E-state index in [9.17, 15) is 4.79 Å². The Morgan fingerprint density at radius 3 is 2.73 bits per heavy atom. The van der Waals surface area contributed by atoms with Gasteiger partial charge in [0.15, 0.2) is 0 Å². The Hall–Kier alpha value is -1.26. The van der Waals surface area contributed by atoms with Crippen molar-refractivity contribution in [1.82, 2.24) is 10.6 Å². The maximum atomic E-state index is 12.4. The average Bonchev–Trinajstić information content (AvgIpc) is 2.52. The minimum Gasteiger partial charge on any atom is -0.497 e. The van der Waals surface area contributed by atoms with Crippen LogP contribution >= 0.6 is 12.4 Å². The number of hydrogen-bond donors (Lipinski definition) is 2. The van der Waals surface area contributed by atoms with E-state index in [1.54, 1.807) is 7.11 Å². The smallest absolute Gasteiger partial charge is 0.227 e. The third-order valence-electron chi connectivity index (χ3n) is 4.49. The Balaban J connectivity index is 0.00000242. The van der Waals surface area contributed by atoms with Gasteiger partial charge in [0.05, 0.1) is 13.0 Å². The fourth-order valence-corrected chi connectivity index (χ4v) is 2.72. The standard InChI is InChI=1S/C17H26N2O2.ClH/c1-13(14-5-4-6-15(11-14)21-3)16(20)19-12-17(2)7-9-18-10-8-17;/h4-6,11,13,18H,7-10,12H2,1-3H3,(H,19,20);1H. The zero-order valence-corrected chi connectivity index (χ0v) is 14.5. The van der Waals surface area contributed by atoms with Crippen molar-refractivity contribution in [3.05, 3.63) is 29.8 Å². The van der Waals surface area contributed by atoms with Gasteiger partial charge in [0.2, 0.25) is 5.91 Å². The van der Waals surface area contributed by atoms with Crippen molar-refractivity contribution in [2.75, 3.05) is 26.7 Å². The molecule has 0 aliphatic carbocycles. The minimum atomic E-state index is -0.162. The summed E-state index contributed by atoms with van der Waals surface area (Å²) in [6, 6.07) is 7.71. The first kappa shape index (κ1) is 18.8. The maximum absolute atomic E-state index is 12.4. The monoisotopic (exact) mass is 326 g/mol. The number of amides is 1. The fourth-order valence-electron chi connectivity index (χ4n) is 2.72. The Kier molecular flexibility index (Phi) is 7.17. The van der Waals surface area contributed by atoms with Crippen LogP contribution in [0.5, 0.6) is 5.75 Å². The summed E-state index contributed by atoms with van der Waals surface area (Å²) in [5, 5.41) is 6.48. The first-order chi connectivity index (χ1) is 10.0. The molecule has 0 aromatic heterocycles. The number of benzene rings is 1. The summed E-state index contributed by atoms with van der Waals surface area (Å²) in [6.07, 6.45) is 2.22. The highest BCUT2D eigenvalue weighted by molar-refractivity contribution is 5.85. The predicted octanol–water partition coefficient (Wildman–Crippen LogP) is 2.73. The van der Waals surface area contributed by atoms with Crippen LogP contribution in [-0.4, -0.2) is 32.7 Å². The molecule has 124 valence electrons. The lowest BCUT2D eigenvalue weighted by atomic mass is 9.81. The molecule has 1 aromatic carbocycles. The van der Waals surface area contributed by atoms with E-state index in [1.807, 2.05) is 31.2 Å². The van der Waals surface area contributed by atoms with Crippen LogP contribution in [0, 0.1) is 5.41 Å². The second-order valence-electron chi connectivity index (χ2n) is 6.28. The Morgan fingerprint density at radius 2 is 2.09 bits per heavy atom. The van der Waals surface area contributed by atoms with E-state index in [0.717, 1.165) is 43.8 Å². The molecule has 1 fully saturated rings. The first-order valence-electron chi connectivity index (χ1n) is 7.66. The fraction of sp³-hybridized carbons (Fsp3) is 0.588. The predicted molar refractivity (Wildman–Crippen MR) is 91.9 cm³/mol. The van der Waals surface area contributed by atoms with Crippen molar-refractivity contribution in [2.24, 2.45) is 5.41 Å². The van der Waals surface area contributed by atoms with Crippen LogP contribution in [0.1, 0.15) is 38.2 Å². The summed E-state index contributed by atoms with van der Waals surface area (Å²) in [4.78, 5) is 12.4. The minimum absolute atomic E-state index is 0. The highest BCUT2D eigenvalue weighted by Gasteiger charge is 2.28. The van der Waals surface area contributed by atoms with Gasteiger partial charge in [-0.3, -0.25) is 4.79 Å². The lowest BCUT2D eigenvalue weighted by Crippen LogP contribution is -2.43. The lowest BCUT2D eigenvalue weighted by molar-refractivity contribution is -0.122. The van der Waals surface area contributed by atoms with Gasteiger partial charge in [-0.2, -0.15) is 0 Å². The van der Waals surface area contributed by atoms with E-state index in [-0.39, 0.29) is 29.6 Å². The molecule has 0 saturated carbocycles. The van der Waals surface area contributed by atoms with E-state index in [0.29, 0.717) is 0 Å². The topological polar surface area (TPSA) is 50.4 Å².